The van der Waals surface area contributed by atoms with Crippen LogP contribution in [0.1, 0.15) is 16.3 Å². The number of nitrogens with one attached hydrogen (secondary N) is 1. The van der Waals surface area contributed by atoms with E-state index in [1.807, 2.05) is 18.7 Å². The van der Waals surface area contributed by atoms with E-state index in [2.05, 4.69) is 9.97 Å². The number of aromatic amines is 1. The van der Waals surface area contributed by atoms with Crippen molar-refractivity contribution in [2.45, 2.75) is 20.4 Å². The third-order valence-corrected chi connectivity index (χ3v) is 4.40. The second kappa shape index (κ2) is 6.45. The predicted molar refractivity (Wildman–Crippen MR) is 79.2 cm³/mol. The molecule has 2 aromatic heterocycles. The molecule has 0 saturated carbocycles. The van der Waals surface area contributed by atoms with E-state index in [4.69, 9.17) is 10.2 Å². The summed E-state index contributed by atoms with van der Waals surface area (Å²) in [4.78, 5) is 23.1. The van der Waals surface area contributed by atoms with Crippen molar-refractivity contribution < 1.29 is 10.2 Å². The SMILES string of the molecule is Cc1sc2nc(CN(CCO)CCO)[nH]c(=O)c2c1C. The highest BCUT2D eigenvalue weighted by atomic mass is 32.1. The Kier molecular flexibility index (Phi) is 4.87. The van der Waals surface area contributed by atoms with Crippen LogP contribution in [-0.2, 0) is 6.54 Å². The summed E-state index contributed by atoms with van der Waals surface area (Å²) in [5.41, 5.74) is 0.854. The van der Waals surface area contributed by atoms with Crippen molar-refractivity contribution in [3.05, 3.63) is 26.6 Å². The van der Waals surface area contributed by atoms with Gasteiger partial charge in [-0.05, 0) is 19.4 Å². The maximum absolute atomic E-state index is 12.1. The van der Waals surface area contributed by atoms with Crippen LogP contribution in [0.2, 0.25) is 0 Å². The average Bonchev–Trinajstić information content (AvgIpc) is 2.66. The van der Waals surface area contributed by atoms with Gasteiger partial charge in [-0.15, -0.1) is 11.3 Å². The smallest absolute Gasteiger partial charge is 0.259 e. The molecule has 0 radical (unpaired) electrons. The van der Waals surface area contributed by atoms with Crippen LogP contribution in [0.5, 0.6) is 0 Å². The molecule has 0 aliphatic rings. The highest BCUT2D eigenvalue weighted by Crippen LogP contribution is 2.25. The van der Waals surface area contributed by atoms with Gasteiger partial charge in [0.25, 0.3) is 5.56 Å². The van der Waals surface area contributed by atoms with Crippen LogP contribution in [0.25, 0.3) is 10.2 Å². The monoisotopic (exact) mass is 297 g/mol. The number of aliphatic hydroxyl groups excluding tert-OH is 2. The van der Waals surface area contributed by atoms with Gasteiger partial charge in [-0.3, -0.25) is 9.69 Å². The summed E-state index contributed by atoms with van der Waals surface area (Å²) in [6, 6.07) is 0. The molecule has 3 N–H and O–H groups in total. The number of rotatable bonds is 6. The lowest BCUT2D eigenvalue weighted by molar-refractivity contribution is 0.153. The van der Waals surface area contributed by atoms with Crippen molar-refractivity contribution in [2.24, 2.45) is 0 Å². The standard InChI is InChI=1S/C13H19N3O3S/c1-8-9(2)20-13-11(8)12(19)14-10(15-13)7-16(3-5-17)4-6-18/h17-18H,3-7H2,1-2H3,(H,14,15,19). The molecule has 7 heteroatoms. The summed E-state index contributed by atoms with van der Waals surface area (Å²) >= 11 is 1.51. The van der Waals surface area contributed by atoms with Crippen LogP contribution in [0.15, 0.2) is 4.79 Å². The number of aryl methyl sites for hydroxylation is 2. The number of H-pyrrole nitrogens is 1. The maximum atomic E-state index is 12.1. The predicted octanol–water partition coefficient (Wildman–Crippen LogP) is 0.388. The molecule has 0 aliphatic heterocycles. The van der Waals surface area contributed by atoms with Crippen molar-refractivity contribution in [3.8, 4) is 0 Å². The van der Waals surface area contributed by atoms with Gasteiger partial charge in [0.05, 0.1) is 25.1 Å². The number of nitrogens with zero attached hydrogens (tertiary/aromatic N) is 2. The van der Waals surface area contributed by atoms with Gasteiger partial charge in [-0.2, -0.15) is 0 Å². The number of aliphatic hydroxyl groups is 2. The highest BCUT2D eigenvalue weighted by molar-refractivity contribution is 7.18. The normalized spacial score (nSPS) is 11.7. The number of hydrogen-bond acceptors (Lipinski definition) is 6. The van der Waals surface area contributed by atoms with Crippen LogP contribution in [0, 0.1) is 13.8 Å². The fourth-order valence-electron chi connectivity index (χ4n) is 2.14. The van der Waals surface area contributed by atoms with Gasteiger partial charge >= 0.3 is 0 Å². The molecular weight excluding hydrogens is 278 g/mol. The molecule has 20 heavy (non-hydrogen) atoms. The maximum Gasteiger partial charge on any atom is 0.259 e. The quantitative estimate of drug-likeness (QED) is 0.717. The third kappa shape index (κ3) is 3.06. The van der Waals surface area contributed by atoms with E-state index in [0.717, 1.165) is 15.3 Å². The molecule has 2 aromatic rings. The Bertz CT molecular complexity index is 644. The molecule has 2 heterocycles. The lowest BCUT2D eigenvalue weighted by Gasteiger charge is -2.19. The number of hydrogen-bond donors (Lipinski definition) is 3. The van der Waals surface area contributed by atoms with Gasteiger partial charge in [0.15, 0.2) is 0 Å². The van der Waals surface area contributed by atoms with Crippen molar-refractivity contribution in [1.29, 1.82) is 0 Å². The minimum atomic E-state index is -0.125. The van der Waals surface area contributed by atoms with E-state index in [-0.39, 0.29) is 18.8 Å². The summed E-state index contributed by atoms with van der Waals surface area (Å²) in [7, 11) is 0. The molecule has 0 spiro atoms. The Morgan fingerprint density at radius 2 is 1.90 bits per heavy atom. The molecule has 0 unspecified atom stereocenters. The van der Waals surface area contributed by atoms with Crippen LogP contribution in [0.4, 0.5) is 0 Å². The topological polar surface area (TPSA) is 89.4 Å². The van der Waals surface area contributed by atoms with Crippen LogP contribution >= 0.6 is 11.3 Å². The average molecular weight is 297 g/mol. The summed E-state index contributed by atoms with van der Waals surface area (Å²) in [6.45, 7) is 5.19. The molecule has 0 aromatic carbocycles. The minimum absolute atomic E-state index is 0.00367. The number of aromatic nitrogens is 2. The van der Waals surface area contributed by atoms with E-state index in [1.165, 1.54) is 11.3 Å². The van der Waals surface area contributed by atoms with E-state index in [9.17, 15) is 4.79 Å². The number of thiophene rings is 1. The Morgan fingerprint density at radius 3 is 2.50 bits per heavy atom. The van der Waals surface area contributed by atoms with Gasteiger partial charge in [0.1, 0.15) is 10.7 Å². The zero-order valence-corrected chi connectivity index (χ0v) is 12.5. The Hall–Kier alpha value is -1.28. The summed E-state index contributed by atoms with van der Waals surface area (Å²) in [5.74, 6) is 0.561. The zero-order chi connectivity index (χ0) is 14.7. The molecule has 2 rings (SSSR count). The van der Waals surface area contributed by atoms with E-state index in [0.29, 0.717) is 30.8 Å². The fraction of sp³-hybridized carbons (Fsp3) is 0.538. The van der Waals surface area contributed by atoms with Gasteiger partial charge < -0.3 is 15.2 Å². The van der Waals surface area contributed by atoms with Crippen molar-refractivity contribution in [3.63, 3.8) is 0 Å². The number of fused-ring (bicyclic) bond motifs is 1. The molecule has 0 amide bonds. The van der Waals surface area contributed by atoms with Crippen molar-refractivity contribution in [1.82, 2.24) is 14.9 Å². The lowest BCUT2D eigenvalue weighted by Crippen LogP contribution is -2.31. The molecule has 0 aliphatic carbocycles. The Balaban J connectivity index is 2.33. The first kappa shape index (κ1) is 15.1. The Labute approximate surface area is 120 Å². The van der Waals surface area contributed by atoms with Gasteiger partial charge in [0, 0.05) is 18.0 Å². The molecular formula is C13H19N3O3S. The van der Waals surface area contributed by atoms with E-state index >= 15 is 0 Å². The van der Waals surface area contributed by atoms with Crippen LogP contribution in [-0.4, -0.2) is 51.4 Å². The first-order chi connectivity index (χ1) is 9.56. The molecule has 0 atom stereocenters. The summed E-state index contributed by atoms with van der Waals surface area (Å²) < 4.78 is 0. The Morgan fingerprint density at radius 1 is 1.25 bits per heavy atom. The third-order valence-electron chi connectivity index (χ3n) is 3.29. The largest absolute Gasteiger partial charge is 0.395 e. The highest BCUT2D eigenvalue weighted by Gasteiger charge is 2.13. The van der Waals surface area contributed by atoms with Crippen LogP contribution in [0.3, 0.4) is 0 Å². The minimum Gasteiger partial charge on any atom is -0.395 e. The summed E-state index contributed by atoms with van der Waals surface area (Å²) in [5, 5.41) is 18.6. The zero-order valence-electron chi connectivity index (χ0n) is 11.6. The van der Waals surface area contributed by atoms with E-state index in [1.54, 1.807) is 0 Å². The first-order valence-corrected chi connectivity index (χ1v) is 7.31. The first-order valence-electron chi connectivity index (χ1n) is 6.49. The second-order valence-corrected chi connectivity index (χ2v) is 5.90. The lowest BCUT2D eigenvalue weighted by atomic mass is 10.2. The molecule has 0 bridgehead atoms. The van der Waals surface area contributed by atoms with Crippen molar-refractivity contribution >= 4 is 21.6 Å². The second-order valence-electron chi connectivity index (χ2n) is 4.70. The fourth-order valence-corrected chi connectivity index (χ4v) is 3.19. The molecule has 6 nitrogen and oxygen atoms in total. The molecule has 110 valence electrons. The molecule has 0 saturated heterocycles. The van der Waals surface area contributed by atoms with Gasteiger partial charge in [-0.1, -0.05) is 0 Å². The van der Waals surface area contributed by atoms with Gasteiger partial charge in [-0.25, -0.2) is 4.98 Å². The molecule has 0 fully saturated rings. The van der Waals surface area contributed by atoms with Crippen molar-refractivity contribution in [2.75, 3.05) is 26.3 Å². The van der Waals surface area contributed by atoms with Gasteiger partial charge in [0.2, 0.25) is 0 Å². The summed E-state index contributed by atoms with van der Waals surface area (Å²) in [6.07, 6.45) is 0. The van der Waals surface area contributed by atoms with E-state index < -0.39 is 0 Å². The van der Waals surface area contributed by atoms with Crippen LogP contribution < -0.4 is 5.56 Å².